The minimum Gasteiger partial charge on any atom is -0.493 e. The zero-order chi connectivity index (χ0) is 13.7. The highest BCUT2D eigenvalue weighted by molar-refractivity contribution is 5.44. The second-order valence-corrected chi connectivity index (χ2v) is 4.15. The molecule has 0 aliphatic heterocycles. The van der Waals surface area contributed by atoms with Crippen molar-refractivity contribution in [3.63, 3.8) is 0 Å². The van der Waals surface area contributed by atoms with Crippen LogP contribution in [0.2, 0.25) is 0 Å². The van der Waals surface area contributed by atoms with E-state index in [-0.39, 0.29) is 0 Å². The lowest BCUT2D eigenvalue weighted by molar-refractivity contribution is 0.371. The molecule has 1 N–H and O–H groups in total. The van der Waals surface area contributed by atoms with Gasteiger partial charge in [-0.05, 0) is 37.7 Å². The number of benzene rings is 1. The first-order valence-corrected chi connectivity index (χ1v) is 6.02. The van der Waals surface area contributed by atoms with Crippen LogP contribution in [0.3, 0.4) is 0 Å². The number of aromatic nitrogens is 2. The van der Waals surface area contributed by atoms with E-state index in [0.717, 1.165) is 11.3 Å². The van der Waals surface area contributed by atoms with Crippen molar-refractivity contribution < 1.29 is 9.47 Å². The summed E-state index contributed by atoms with van der Waals surface area (Å²) in [4.78, 5) is 0. The van der Waals surface area contributed by atoms with Gasteiger partial charge in [0.25, 0.3) is 0 Å². The maximum atomic E-state index is 5.67. The number of rotatable bonds is 5. The number of aryl methyl sites for hydroxylation is 1. The Morgan fingerprint density at radius 3 is 2.58 bits per heavy atom. The summed E-state index contributed by atoms with van der Waals surface area (Å²) in [5.41, 5.74) is 1.98. The van der Waals surface area contributed by atoms with Crippen molar-refractivity contribution in [1.29, 1.82) is 0 Å². The van der Waals surface area contributed by atoms with Crippen molar-refractivity contribution in [2.45, 2.75) is 13.5 Å². The van der Waals surface area contributed by atoms with Gasteiger partial charge in [-0.25, -0.2) is 0 Å². The Morgan fingerprint density at radius 1 is 1.11 bits per heavy atom. The molecule has 0 aliphatic rings. The summed E-state index contributed by atoms with van der Waals surface area (Å²) in [5.74, 6) is 1.76. The number of hydrogen-bond acceptors (Lipinski definition) is 5. The Morgan fingerprint density at radius 2 is 1.95 bits per heavy atom. The maximum absolute atomic E-state index is 5.67. The van der Waals surface area contributed by atoms with Crippen LogP contribution in [0.25, 0.3) is 0 Å². The van der Waals surface area contributed by atoms with Gasteiger partial charge in [-0.15, -0.1) is 5.10 Å². The van der Waals surface area contributed by atoms with Crippen molar-refractivity contribution in [1.82, 2.24) is 15.5 Å². The van der Waals surface area contributed by atoms with Crippen LogP contribution in [0.5, 0.6) is 17.4 Å². The fourth-order valence-corrected chi connectivity index (χ4v) is 1.65. The van der Waals surface area contributed by atoms with Crippen LogP contribution in [-0.4, -0.2) is 24.4 Å². The molecule has 0 aliphatic carbocycles. The van der Waals surface area contributed by atoms with Crippen LogP contribution in [-0.2, 0) is 6.54 Å². The van der Waals surface area contributed by atoms with Crippen LogP contribution in [0.4, 0.5) is 0 Å². The molecule has 2 aromatic rings. The molecular formula is C14H17N3O2. The van der Waals surface area contributed by atoms with Gasteiger partial charge in [-0.3, -0.25) is 0 Å². The van der Waals surface area contributed by atoms with Gasteiger partial charge in [0, 0.05) is 12.6 Å². The topological polar surface area (TPSA) is 56.3 Å². The third-order valence-electron chi connectivity index (χ3n) is 2.59. The van der Waals surface area contributed by atoms with E-state index in [1.165, 1.54) is 0 Å². The van der Waals surface area contributed by atoms with E-state index < -0.39 is 0 Å². The van der Waals surface area contributed by atoms with Crippen molar-refractivity contribution in [3.05, 3.63) is 41.6 Å². The van der Waals surface area contributed by atoms with E-state index in [4.69, 9.17) is 9.47 Å². The van der Waals surface area contributed by atoms with Gasteiger partial charge in [0.1, 0.15) is 0 Å². The third-order valence-corrected chi connectivity index (χ3v) is 2.59. The summed E-state index contributed by atoms with van der Waals surface area (Å²) in [6.07, 6.45) is 0. The zero-order valence-electron chi connectivity index (χ0n) is 11.3. The van der Waals surface area contributed by atoms with Gasteiger partial charge in [0.15, 0.2) is 11.5 Å². The number of nitrogens with one attached hydrogen (secondary N) is 1. The Bertz CT molecular complexity index is 541. The SMILES string of the molecule is CNCc1ccc(Oc2ccc(C)cc2OC)nn1. The van der Waals surface area contributed by atoms with Crippen LogP contribution in [0.15, 0.2) is 30.3 Å². The summed E-state index contributed by atoms with van der Waals surface area (Å²) >= 11 is 0. The molecule has 0 saturated carbocycles. The lowest BCUT2D eigenvalue weighted by Gasteiger charge is -2.10. The van der Waals surface area contributed by atoms with Gasteiger partial charge in [0.2, 0.25) is 5.88 Å². The number of nitrogens with zero attached hydrogens (tertiary/aromatic N) is 2. The van der Waals surface area contributed by atoms with Crippen LogP contribution in [0, 0.1) is 6.92 Å². The minimum atomic E-state index is 0.446. The van der Waals surface area contributed by atoms with Gasteiger partial charge >= 0.3 is 0 Å². The highest BCUT2D eigenvalue weighted by Gasteiger charge is 2.07. The van der Waals surface area contributed by atoms with E-state index in [0.29, 0.717) is 23.9 Å². The zero-order valence-corrected chi connectivity index (χ0v) is 11.3. The summed E-state index contributed by atoms with van der Waals surface area (Å²) in [7, 11) is 3.48. The van der Waals surface area contributed by atoms with Crippen molar-refractivity contribution >= 4 is 0 Å². The lowest BCUT2D eigenvalue weighted by Crippen LogP contribution is -2.07. The molecule has 1 aromatic heterocycles. The Labute approximate surface area is 112 Å². The number of methoxy groups -OCH3 is 1. The van der Waals surface area contributed by atoms with Crippen molar-refractivity contribution in [3.8, 4) is 17.4 Å². The lowest BCUT2D eigenvalue weighted by atomic mass is 10.2. The van der Waals surface area contributed by atoms with Gasteiger partial charge in [0.05, 0.1) is 12.8 Å². The van der Waals surface area contributed by atoms with Gasteiger partial charge < -0.3 is 14.8 Å². The maximum Gasteiger partial charge on any atom is 0.239 e. The van der Waals surface area contributed by atoms with E-state index >= 15 is 0 Å². The molecule has 1 aromatic carbocycles. The number of ether oxygens (including phenoxy) is 2. The van der Waals surface area contributed by atoms with Crippen molar-refractivity contribution in [2.24, 2.45) is 0 Å². The second-order valence-electron chi connectivity index (χ2n) is 4.15. The Kier molecular flexibility index (Phi) is 4.30. The molecule has 100 valence electrons. The van der Waals surface area contributed by atoms with Crippen LogP contribution >= 0.6 is 0 Å². The molecule has 0 unspecified atom stereocenters. The van der Waals surface area contributed by atoms with E-state index in [1.54, 1.807) is 13.2 Å². The molecule has 0 radical (unpaired) electrons. The molecule has 5 nitrogen and oxygen atoms in total. The molecule has 0 bridgehead atoms. The molecule has 1 heterocycles. The largest absolute Gasteiger partial charge is 0.493 e. The highest BCUT2D eigenvalue weighted by atomic mass is 16.5. The molecule has 0 amide bonds. The van der Waals surface area contributed by atoms with Crippen LogP contribution < -0.4 is 14.8 Å². The molecule has 0 atom stereocenters. The summed E-state index contributed by atoms with van der Waals surface area (Å²) in [5, 5.41) is 11.1. The predicted molar refractivity (Wildman–Crippen MR) is 72.6 cm³/mol. The van der Waals surface area contributed by atoms with Gasteiger partial charge in [-0.1, -0.05) is 6.07 Å². The second kappa shape index (κ2) is 6.15. The summed E-state index contributed by atoms with van der Waals surface area (Å²) in [6, 6.07) is 9.40. The monoisotopic (exact) mass is 259 g/mol. The normalized spacial score (nSPS) is 10.3. The van der Waals surface area contributed by atoms with E-state index in [2.05, 4.69) is 15.5 Å². The molecule has 5 heteroatoms. The summed E-state index contributed by atoms with van der Waals surface area (Å²) in [6.45, 7) is 2.68. The molecule has 19 heavy (non-hydrogen) atoms. The number of hydrogen-bond donors (Lipinski definition) is 1. The Balaban J connectivity index is 2.16. The first kappa shape index (κ1) is 13.3. The van der Waals surface area contributed by atoms with E-state index in [1.807, 2.05) is 38.2 Å². The molecule has 0 spiro atoms. The molecule has 0 saturated heterocycles. The van der Waals surface area contributed by atoms with E-state index in [9.17, 15) is 0 Å². The quantitative estimate of drug-likeness (QED) is 0.893. The first-order valence-electron chi connectivity index (χ1n) is 6.02. The summed E-state index contributed by atoms with van der Waals surface area (Å²) < 4.78 is 10.9. The van der Waals surface area contributed by atoms with Crippen LogP contribution in [0.1, 0.15) is 11.3 Å². The first-order chi connectivity index (χ1) is 9.22. The Hall–Kier alpha value is -2.14. The fraction of sp³-hybridized carbons (Fsp3) is 0.286. The molecule has 2 rings (SSSR count). The minimum absolute atomic E-state index is 0.446. The average Bonchev–Trinajstić information content (AvgIpc) is 2.43. The predicted octanol–water partition coefficient (Wildman–Crippen LogP) is 2.31. The molecule has 0 fully saturated rings. The third kappa shape index (κ3) is 3.42. The molecular weight excluding hydrogens is 242 g/mol. The van der Waals surface area contributed by atoms with Crippen molar-refractivity contribution in [2.75, 3.05) is 14.2 Å². The average molecular weight is 259 g/mol. The fourth-order valence-electron chi connectivity index (χ4n) is 1.65. The standard InChI is InChI=1S/C14H17N3O2/c1-10-4-6-12(13(8-10)18-3)19-14-7-5-11(9-15-2)16-17-14/h4-8,15H,9H2,1-3H3. The van der Waals surface area contributed by atoms with Gasteiger partial charge in [-0.2, -0.15) is 5.10 Å². The smallest absolute Gasteiger partial charge is 0.239 e. The highest BCUT2D eigenvalue weighted by Crippen LogP contribution is 2.31.